The van der Waals surface area contributed by atoms with Crippen molar-refractivity contribution in [2.24, 2.45) is 11.8 Å². The zero-order chi connectivity index (χ0) is 17.6. The van der Waals surface area contributed by atoms with E-state index in [0.717, 1.165) is 50.1 Å². The van der Waals surface area contributed by atoms with Gasteiger partial charge in [0, 0.05) is 44.4 Å². The lowest BCUT2D eigenvalue weighted by Crippen LogP contribution is -2.41. The molecule has 0 radical (unpaired) electrons. The quantitative estimate of drug-likeness (QED) is 0.891. The second-order valence-electron chi connectivity index (χ2n) is 7.99. The molecule has 4 rings (SSSR count). The topological polar surface area (TPSA) is 41.6 Å². The first-order chi connectivity index (χ1) is 12.0. The number of hydrogen-bond donors (Lipinski definition) is 1. The maximum atomic E-state index is 13.7. The number of carbonyl (C=O) groups is 1. The average Bonchev–Trinajstić information content (AvgIpc) is 3.19. The molecule has 3 fully saturated rings. The number of hydrogen-bond acceptors (Lipinski definition) is 3. The van der Waals surface area contributed by atoms with E-state index in [0.29, 0.717) is 24.4 Å². The van der Waals surface area contributed by atoms with Gasteiger partial charge in [0.05, 0.1) is 11.7 Å². The molecule has 1 spiro atoms. The van der Waals surface area contributed by atoms with Crippen molar-refractivity contribution in [1.29, 1.82) is 0 Å². The molecule has 5 heteroatoms. The van der Waals surface area contributed by atoms with Gasteiger partial charge in [0.1, 0.15) is 5.82 Å². The highest BCUT2D eigenvalue weighted by atomic mass is 19.1. The van der Waals surface area contributed by atoms with Crippen LogP contribution < -0.4 is 5.32 Å². The summed E-state index contributed by atoms with van der Waals surface area (Å²) in [6, 6.07) is 5.26. The molecule has 1 aromatic carbocycles. The second-order valence-corrected chi connectivity index (χ2v) is 7.99. The molecule has 1 N–H and O–H groups in total. The first-order valence-corrected chi connectivity index (χ1v) is 9.42. The van der Waals surface area contributed by atoms with Crippen LogP contribution in [0.5, 0.6) is 0 Å². The minimum atomic E-state index is -0.162. The number of carbonyl (C=O) groups excluding carboxylic acids is 1. The zero-order valence-corrected chi connectivity index (χ0v) is 15.1. The van der Waals surface area contributed by atoms with Gasteiger partial charge in [0.15, 0.2) is 0 Å². The summed E-state index contributed by atoms with van der Waals surface area (Å²) in [5.41, 5.74) is 1.94. The Morgan fingerprint density at radius 2 is 2.28 bits per heavy atom. The molecule has 0 aromatic heterocycles. The van der Waals surface area contributed by atoms with Gasteiger partial charge in [-0.1, -0.05) is 13.0 Å². The minimum absolute atomic E-state index is 0.0470. The third-order valence-electron chi connectivity index (χ3n) is 6.22. The van der Waals surface area contributed by atoms with E-state index in [-0.39, 0.29) is 17.3 Å². The smallest absolute Gasteiger partial charge is 0.219 e. The number of halogens is 1. The van der Waals surface area contributed by atoms with E-state index in [9.17, 15) is 9.18 Å². The summed E-state index contributed by atoms with van der Waals surface area (Å²) in [5.74, 6) is 0.827. The van der Waals surface area contributed by atoms with Crippen molar-refractivity contribution in [3.05, 3.63) is 35.1 Å². The number of rotatable bonds is 5. The van der Waals surface area contributed by atoms with Crippen LogP contribution in [-0.4, -0.2) is 42.1 Å². The highest BCUT2D eigenvalue weighted by Gasteiger charge is 2.62. The van der Waals surface area contributed by atoms with Crippen LogP contribution in [0.3, 0.4) is 0 Å². The summed E-state index contributed by atoms with van der Waals surface area (Å²) >= 11 is 0. The monoisotopic (exact) mass is 346 g/mol. The Labute approximate surface area is 148 Å². The normalized spacial score (nSPS) is 33.6. The average molecular weight is 346 g/mol. The van der Waals surface area contributed by atoms with Crippen molar-refractivity contribution in [3.8, 4) is 0 Å². The fourth-order valence-electron chi connectivity index (χ4n) is 5.20. The van der Waals surface area contributed by atoms with Gasteiger partial charge in [-0.05, 0) is 43.0 Å². The summed E-state index contributed by atoms with van der Waals surface area (Å²) in [7, 11) is 0. The molecule has 0 saturated carbocycles. The number of amides is 1. The molecule has 3 aliphatic rings. The number of ether oxygens (including phenoxy) is 1. The Morgan fingerprint density at radius 1 is 1.44 bits per heavy atom. The van der Waals surface area contributed by atoms with Crippen LogP contribution in [-0.2, 0) is 16.1 Å². The van der Waals surface area contributed by atoms with Crippen molar-refractivity contribution < 1.29 is 13.9 Å². The number of fused-ring (bicyclic) bond motifs is 1. The largest absolute Gasteiger partial charge is 0.370 e. The van der Waals surface area contributed by atoms with Gasteiger partial charge in [0.25, 0.3) is 0 Å². The molecule has 3 aliphatic heterocycles. The van der Waals surface area contributed by atoms with Crippen molar-refractivity contribution in [2.75, 3.05) is 19.6 Å². The van der Waals surface area contributed by atoms with Crippen LogP contribution in [0.1, 0.15) is 37.3 Å². The van der Waals surface area contributed by atoms with Crippen LogP contribution in [0.4, 0.5) is 4.39 Å². The maximum absolute atomic E-state index is 13.7. The molecule has 0 unspecified atom stereocenters. The Kier molecular flexibility index (Phi) is 4.32. The lowest BCUT2D eigenvalue weighted by molar-refractivity contribution is -0.121. The molecular formula is C20H27FN2O2. The first kappa shape index (κ1) is 17.0. The van der Waals surface area contributed by atoms with Crippen LogP contribution >= 0.6 is 0 Å². The molecular weight excluding hydrogens is 319 g/mol. The van der Waals surface area contributed by atoms with Gasteiger partial charge in [-0.3, -0.25) is 9.69 Å². The molecule has 2 bridgehead atoms. The fourth-order valence-corrected chi connectivity index (χ4v) is 5.20. The summed E-state index contributed by atoms with van der Waals surface area (Å²) in [5, 5.41) is 3.06. The van der Waals surface area contributed by atoms with Gasteiger partial charge < -0.3 is 10.1 Å². The van der Waals surface area contributed by atoms with Gasteiger partial charge in [-0.25, -0.2) is 4.39 Å². The number of likely N-dealkylation sites (tertiary alicyclic amines) is 1. The van der Waals surface area contributed by atoms with E-state index in [1.807, 2.05) is 13.8 Å². The van der Waals surface area contributed by atoms with E-state index < -0.39 is 0 Å². The van der Waals surface area contributed by atoms with Crippen LogP contribution in [0.2, 0.25) is 0 Å². The van der Waals surface area contributed by atoms with E-state index in [1.54, 1.807) is 12.1 Å². The van der Waals surface area contributed by atoms with Crippen molar-refractivity contribution in [1.82, 2.24) is 10.2 Å². The SMILES string of the molecule is CCC(=O)NC[C@H]1[C@H]2CN(Cc3cc(C)cc(F)c3)C[C@]23CC[C@H]1O3. The molecule has 4 nitrogen and oxygen atoms in total. The molecule has 1 amide bonds. The predicted molar refractivity (Wildman–Crippen MR) is 93.5 cm³/mol. The minimum Gasteiger partial charge on any atom is -0.370 e. The lowest BCUT2D eigenvalue weighted by atomic mass is 9.73. The second kappa shape index (κ2) is 6.36. The van der Waals surface area contributed by atoms with E-state index in [2.05, 4.69) is 16.3 Å². The Bertz CT molecular complexity index is 659. The van der Waals surface area contributed by atoms with Crippen LogP contribution in [0.25, 0.3) is 0 Å². The van der Waals surface area contributed by atoms with Gasteiger partial charge in [-0.15, -0.1) is 0 Å². The molecule has 0 aliphatic carbocycles. The molecule has 25 heavy (non-hydrogen) atoms. The maximum Gasteiger partial charge on any atom is 0.219 e. The molecule has 136 valence electrons. The van der Waals surface area contributed by atoms with Crippen LogP contribution in [0, 0.1) is 24.6 Å². The molecule has 3 heterocycles. The lowest BCUT2D eigenvalue weighted by Gasteiger charge is -2.29. The van der Waals surface area contributed by atoms with Crippen molar-refractivity contribution in [2.45, 2.75) is 51.4 Å². The third-order valence-corrected chi connectivity index (χ3v) is 6.22. The summed E-state index contributed by atoms with van der Waals surface area (Å²) in [6.07, 6.45) is 3.02. The molecule has 3 saturated heterocycles. The number of benzene rings is 1. The number of nitrogens with one attached hydrogen (secondary N) is 1. The summed E-state index contributed by atoms with van der Waals surface area (Å²) in [4.78, 5) is 14.0. The standard InChI is InChI=1S/C20H27FN2O2/c1-3-19(24)22-9-16-17-11-23(12-20(17)5-4-18(16)25-20)10-14-6-13(2)7-15(21)8-14/h6-8,16-18H,3-5,9-12H2,1-2H3,(H,22,24)/t16-,17+,18+,20+/m0/s1. The van der Waals surface area contributed by atoms with Gasteiger partial charge in [-0.2, -0.15) is 0 Å². The molecule has 4 atom stereocenters. The number of nitrogens with zero attached hydrogens (tertiary/aromatic N) is 1. The highest BCUT2D eigenvalue weighted by molar-refractivity contribution is 5.75. The van der Waals surface area contributed by atoms with E-state index in [1.165, 1.54) is 0 Å². The summed E-state index contributed by atoms with van der Waals surface area (Å²) < 4.78 is 20.1. The summed E-state index contributed by atoms with van der Waals surface area (Å²) in [6.45, 7) is 7.18. The predicted octanol–water partition coefficient (Wildman–Crippen LogP) is 2.64. The van der Waals surface area contributed by atoms with Crippen LogP contribution in [0.15, 0.2) is 18.2 Å². The molecule has 1 aromatic rings. The zero-order valence-electron chi connectivity index (χ0n) is 15.1. The number of aryl methyl sites for hydroxylation is 1. The Hall–Kier alpha value is -1.46. The Morgan fingerprint density at radius 3 is 3.04 bits per heavy atom. The fraction of sp³-hybridized carbons (Fsp3) is 0.650. The van der Waals surface area contributed by atoms with E-state index >= 15 is 0 Å². The first-order valence-electron chi connectivity index (χ1n) is 9.42. The van der Waals surface area contributed by atoms with Crippen molar-refractivity contribution in [3.63, 3.8) is 0 Å². The van der Waals surface area contributed by atoms with Crippen molar-refractivity contribution >= 4 is 5.91 Å². The van der Waals surface area contributed by atoms with E-state index in [4.69, 9.17) is 4.74 Å². The Balaban J connectivity index is 1.45. The van der Waals surface area contributed by atoms with Gasteiger partial charge >= 0.3 is 0 Å². The van der Waals surface area contributed by atoms with Gasteiger partial charge in [0.2, 0.25) is 5.91 Å². The highest BCUT2D eigenvalue weighted by Crippen LogP contribution is 2.54. The third kappa shape index (κ3) is 3.08.